The topological polar surface area (TPSA) is 68.4 Å². The van der Waals surface area contributed by atoms with Crippen molar-refractivity contribution in [1.82, 2.24) is 9.55 Å². The van der Waals surface area contributed by atoms with Crippen LogP contribution in [0.3, 0.4) is 0 Å². The Morgan fingerprint density at radius 1 is 1.19 bits per heavy atom. The normalized spacial score (nSPS) is 17.2. The van der Waals surface area contributed by atoms with Gasteiger partial charge in [-0.3, -0.25) is 4.72 Å². The molecule has 0 bridgehead atoms. The second kappa shape index (κ2) is 6.74. The third-order valence-corrected chi connectivity index (χ3v) is 5.44. The summed E-state index contributed by atoms with van der Waals surface area (Å²) in [5.74, 6) is 1.07. The fourth-order valence-electron chi connectivity index (χ4n) is 3.60. The van der Waals surface area contributed by atoms with Gasteiger partial charge in [0.15, 0.2) is 5.82 Å². The largest absolute Gasteiger partial charge is 0.327 e. The van der Waals surface area contributed by atoms with Crippen LogP contribution in [0, 0.1) is 0 Å². The van der Waals surface area contributed by atoms with Crippen molar-refractivity contribution in [3.63, 3.8) is 0 Å². The Balaban J connectivity index is 1.51. The second-order valence-electron chi connectivity index (χ2n) is 6.92. The Morgan fingerprint density at radius 3 is 2.77 bits per heavy atom. The summed E-state index contributed by atoms with van der Waals surface area (Å²) in [5, 5.41) is 0. The lowest BCUT2D eigenvalue weighted by molar-refractivity contribution is -0.918. The molecule has 0 amide bonds. The molecular formula is C19H23N4O2S+. The van der Waals surface area contributed by atoms with Gasteiger partial charge in [-0.15, -0.1) is 0 Å². The van der Waals surface area contributed by atoms with Gasteiger partial charge in [0.05, 0.1) is 42.6 Å². The highest BCUT2D eigenvalue weighted by Crippen LogP contribution is 2.21. The van der Waals surface area contributed by atoms with Crippen LogP contribution < -0.4 is 9.62 Å². The lowest BCUT2D eigenvalue weighted by atomic mass is 10.1. The van der Waals surface area contributed by atoms with Crippen molar-refractivity contribution in [2.75, 3.05) is 24.1 Å². The zero-order valence-corrected chi connectivity index (χ0v) is 15.6. The van der Waals surface area contributed by atoms with Crippen LogP contribution in [0.25, 0.3) is 11.0 Å². The highest BCUT2D eigenvalue weighted by Gasteiger charge is 2.23. The average Bonchev–Trinajstić information content (AvgIpc) is 2.96. The number of nitrogens with zero attached hydrogens (tertiary/aromatic N) is 2. The number of nitrogens with one attached hydrogen (secondary N) is 2. The monoisotopic (exact) mass is 371 g/mol. The molecule has 1 aliphatic rings. The number of quaternary nitrogens is 1. The van der Waals surface area contributed by atoms with E-state index in [2.05, 4.69) is 33.6 Å². The van der Waals surface area contributed by atoms with E-state index in [-0.39, 0.29) is 0 Å². The van der Waals surface area contributed by atoms with Crippen LogP contribution in [0.4, 0.5) is 5.69 Å². The lowest BCUT2D eigenvalue weighted by Gasteiger charge is -2.25. The van der Waals surface area contributed by atoms with E-state index < -0.39 is 10.0 Å². The highest BCUT2D eigenvalue weighted by molar-refractivity contribution is 7.92. The summed E-state index contributed by atoms with van der Waals surface area (Å²) >= 11 is 0. The number of hydrogen-bond acceptors (Lipinski definition) is 3. The molecule has 1 aromatic heterocycles. The van der Waals surface area contributed by atoms with Crippen LogP contribution in [0.1, 0.15) is 11.4 Å². The number of hydrogen-bond donors (Lipinski definition) is 2. The van der Waals surface area contributed by atoms with E-state index in [9.17, 15) is 8.42 Å². The van der Waals surface area contributed by atoms with Gasteiger partial charge in [0.1, 0.15) is 6.54 Å². The van der Waals surface area contributed by atoms with Crippen molar-refractivity contribution in [3.8, 4) is 0 Å². The van der Waals surface area contributed by atoms with Crippen molar-refractivity contribution in [2.45, 2.75) is 19.5 Å². The summed E-state index contributed by atoms with van der Waals surface area (Å²) in [6.07, 6.45) is 2.22. The second-order valence-corrected chi connectivity index (χ2v) is 8.67. The third kappa shape index (κ3) is 3.73. The van der Waals surface area contributed by atoms with Gasteiger partial charge in [-0.2, -0.15) is 0 Å². The summed E-state index contributed by atoms with van der Waals surface area (Å²) in [4.78, 5) is 6.29. The molecule has 4 rings (SSSR count). The predicted octanol–water partition coefficient (Wildman–Crippen LogP) is 1.05. The van der Waals surface area contributed by atoms with Crippen LogP contribution in [-0.2, 0) is 29.5 Å². The quantitative estimate of drug-likeness (QED) is 0.704. The standard InChI is InChI=1S/C19H22N4O2S/c1-26(24,25)21-16-7-8-18-17(13-16)20-19-14-22(11-12-23(18)19)10-9-15-5-3-2-4-6-15/h2-8,13,21H,9-12,14H2,1H3/p+1. The van der Waals surface area contributed by atoms with Crippen LogP contribution in [-0.4, -0.2) is 37.3 Å². The zero-order valence-electron chi connectivity index (χ0n) is 14.8. The minimum absolute atomic E-state index is 0.559. The van der Waals surface area contributed by atoms with E-state index in [0.29, 0.717) is 5.69 Å². The van der Waals surface area contributed by atoms with E-state index in [1.54, 1.807) is 6.07 Å². The third-order valence-electron chi connectivity index (χ3n) is 4.84. The smallest absolute Gasteiger partial charge is 0.229 e. The van der Waals surface area contributed by atoms with E-state index >= 15 is 0 Å². The first-order valence-corrected chi connectivity index (χ1v) is 10.7. The summed E-state index contributed by atoms with van der Waals surface area (Å²) in [5.41, 5.74) is 3.85. The molecule has 2 N–H and O–H groups in total. The number of aromatic nitrogens is 2. The number of imidazole rings is 1. The van der Waals surface area contributed by atoms with E-state index in [0.717, 1.165) is 55.7 Å². The lowest BCUT2D eigenvalue weighted by Crippen LogP contribution is -3.12. The molecule has 1 atom stereocenters. The van der Waals surface area contributed by atoms with Crippen LogP contribution in [0.2, 0.25) is 0 Å². The minimum atomic E-state index is -3.28. The van der Waals surface area contributed by atoms with Gasteiger partial charge in [-0.25, -0.2) is 13.4 Å². The van der Waals surface area contributed by atoms with Crippen molar-refractivity contribution in [2.24, 2.45) is 0 Å². The van der Waals surface area contributed by atoms with E-state index in [1.165, 1.54) is 10.5 Å². The number of anilines is 1. The Hall–Kier alpha value is -2.38. The van der Waals surface area contributed by atoms with Crippen LogP contribution in [0.5, 0.6) is 0 Å². The summed E-state index contributed by atoms with van der Waals surface area (Å²) in [6, 6.07) is 16.1. The molecule has 1 aliphatic heterocycles. The van der Waals surface area contributed by atoms with Gasteiger partial charge >= 0.3 is 0 Å². The Kier molecular flexibility index (Phi) is 4.42. The Morgan fingerprint density at radius 2 is 2.00 bits per heavy atom. The molecule has 2 heterocycles. The van der Waals surface area contributed by atoms with Gasteiger partial charge in [-0.05, 0) is 23.8 Å². The Labute approximate surface area is 153 Å². The first-order valence-electron chi connectivity index (χ1n) is 8.82. The molecule has 1 unspecified atom stereocenters. The first-order chi connectivity index (χ1) is 12.5. The van der Waals surface area contributed by atoms with Crippen molar-refractivity contribution < 1.29 is 13.3 Å². The molecule has 136 valence electrons. The van der Waals surface area contributed by atoms with Crippen LogP contribution in [0.15, 0.2) is 48.5 Å². The average molecular weight is 371 g/mol. The molecule has 0 saturated heterocycles. The molecule has 0 spiro atoms. The zero-order chi connectivity index (χ0) is 18.1. The highest BCUT2D eigenvalue weighted by atomic mass is 32.2. The van der Waals surface area contributed by atoms with Crippen LogP contribution >= 0.6 is 0 Å². The number of sulfonamides is 1. The molecule has 2 aromatic carbocycles. The molecule has 26 heavy (non-hydrogen) atoms. The first kappa shape index (κ1) is 17.1. The van der Waals surface area contributed by atoms with E-state index in [4.69, 9.17) is 4.98 Å². The van der Waals surface area contributed by atoms with Crippen molar-refractivity contribution in [3.05, 3.63) is 59.9 Å². The molecule has 3 aromatic rings. The summed E-state index contributed by atoms with van der Waals surface area (Å²) in [6.45, 7) is 4.01. The molecule has 7 heteroatoms. The fraction of sp³-hybridized carbons (Fsp3) is 0.316. The maximum atomic E-state index is 11.4. The molecular weight excluding hydrogens is 348 g/mol. The summed E-state index contributed by atoms with van der Waals surface area (Å²) in [7, 11) is -3.28. The van der Waals surface area contributed by atoms with Gasteiger partial charge in [0.2, 0.25) is 10.0 Å². The molecule has 0 radical (unpaired) electrons. The number of rotatable bonds is 5. The maximum absolute atomic E-state index is 11.4. The van der Waals surface area contributed by atoms with Crippen molar-refractivity contribution in [1.29, 1.82) is 0 Å². The SMILES string of the molecule is CS(=O)(=O)Nc1ccc2c(c1)nc1n2CC[NH+](CCc2ccccc2)C1. The van der Waals surface area contributed by atoms with Gasteiger partial charge in [0, 0.05) is 6.42 Å². The molecule has 0 fully saturated rings. The molecule has 0 saturated carbocycles. The van der Waals surface area contributed by atoms with E-state index in [1.807, 2.05) is 18.2 Å². The van der Waals surface area contributed by atoms with Gasteiger partial charge in [0.25, 0.3) is 0 Å². The number of benzene rings is 2. The van der Waals surface area contributed by atoms with Gasteiger partial charge in [-0.1, -0.05) is 30.3 Å². The summed E-state index contributed by atoms with van der Waals surface area (Å²) < 4.78 is 27.6. The van der Waals surface area contributed by atoms with Crippen molar-refractivity contribution >= 4 is 26.7 Å². The minimum Gasteiger partial charge on any atom is -0.327 e. The number of fused-ring (bicyclic) bond motifs is 3. The molecule has 6 nitrogen and oxygen atoms in total. The molecule has 0 aliphatic carbocycles. The fourth-order valence-corrected chi connectivity index (χ4v) is 4.16. The predicted molar refractivity (Wildman–Crippen MR) is 103 cm³/mol. The van der Waals surface area contributed by atoms with Gasteiger partial charge < -0.3 is 9.47 Å². The Bertz CT molecular complexity index is 1030. The maximum Gasteiger partial charge on any atom is 0.229 e.